The van der Waals surface area contributed by atoms with Gasteiger partial charge in [0, 0.05) is 19.6 Å². The molecule has 1 aliphatic heterocycles. The van der Waals surface area contributed by atoms with Crippen molar-refractivity contribution >= 4 is 12.4 Å². The molecule has 0 N–H and O–H groups in total. The molecule has 6 heteroatoms. The smallest absolute Gasteiger partial charge is 0.445 e. The Morgan fingerprint density at radius 2 is 1.88 bits per heavy atom. The Morgan fingerprint density at radius 3 is 2.53 bits per heavy atom. The van der Waals surface area contributed by atoms with Crippen LogP contribution in [0.5, 0.6) is 0 Å². The summed E-state index contributed by atoms with van der Waals surface area (Å²) in [5.74, 6) is 0. The first-order valence-electron chi connectivity index (χ1n) is 5.64. The van der Waals surface area contributed by atoms with Crippen molar-refractivity contribution in [3.8, 4) is 0 Å². The summed E-state index contributed by atoms with van der Waals surface area (Å²) in [6.45, 7) is -1.47. The summed E-state index contributed by atoms with van der Waals surface area (Å²) in [7, 11) is 0. The van der Waals surface area contributed by atoms with Gasteiger partial charge in [-0.25, -0.2) is 0 Å². The minimum absolute atomic E-state index is 0.518. The highest BCUT2D eigenvalue weighted by molar-refractivity contribution is 6.73. The van der Waals surface area contributed by atoms with E-state index in [0.29, 0.717) is 25.3 Å². The normalized spacial score (nSPS) is 18.3. The second-order valence-corrected chi connectivity index (χ2v) is 4.21. The van der Waals surface area contributed by atoms with Gasteiger partial charge in [0.15, 0.2) is 0 Å². The third-order valence-corrected chi connectivity index (χ3v) is 2.84. The maximum atomic E-state index is 12.6. The molecule has 2 rings (SSSR count). The standard InChI is InChI=1S/C11H14BF3NO/c13-12(14,15)11-3-1-2-10(8-11)9-16-4-6-17-7-5-16/h1-3,8H,4-7,9H2/q-1. The van der Waals surface area contributed by atoms with Crippen LogP contribution < -0.4 is 5.46 Å². The van der Waals surface area contributed by atoms with Crippen LogP contribution in [0.1, 0.15) is 5.56 Å². The Kier molecular flexibility index (Phi) is 3.74. The monoisotopic (exact) mass is 244 g/mol. The average molecular weight is 244 g/mol. The molecular formula is C11H14BF3NO-. The second-order valence-electron chi connectivity index (χ2n) is 4.21. The van der Waals surface area contributed by atoms with Crippen molar-refractivity contribution < 1.29 is 17.7 Å². The first-order chi connectivity index (χ1) is 8.05. The molecule has 1 fully saturated rings. The predicted octanol–water partition coefficient (Wildman–Crippen LogP) is 1.57. The second kappa shape index (κ2) is 5.10. The quantitative estimate of drug-likeness (QED) is 0.748. The van der Waals surface area contributed by atoms with Gasteiger partial charge in [-0.05, 0) is 5.56 Å². The Morgan fingerprint density at radius 1 is 1.18 bits per heavy atom. The van der Waals surface area contributed by atoms with E-state index in [0.717, 1.165) is 19.2 Å². The summed E-state index contributed by atoms with van der Waals surface area (Å²) >= 11 is 0. The lowest BCUT2D eigenvalue weighted by molar-refractivity contribution is 0.0342. The molecule has 0 bridgehead atoms. The van der Waals surface area contributed by atoms with E-state index >= 15 is 0 Å². The zero-order chi connectivity index (χ0) is 12.3. The summed E-state index contributed by atoms with van der Waals surface area (Å²) < 4.78 is 42.9. The summed E-state index contributed by atoms with van der Waals surface area (Å²) in [6, 6.07) is 5.58. The summed E-state index contributed by atoms with van der Waals surface area (Å²) in [5, 5.41) is 0. The van der Waals surface area contributed by atoms with Gasteiger partial charge in [-0.3, -0.25) is 4.90 Å². The Hall–Kier alpha value is -1.01. The molecule has 2 nitrogen and oxygen atoms in total. The maximum Gasteiger partial charge on any atom is 0.509 e. The largest absolute Gasteiger partial charge is 0.509 e. The van der Waals surface area contributed by atoms with Crippen molar-refractivity contribution in [1.82, 2.24) is 4.90 Å². The van der Waals surface area contributed by atoms with Crippen LogP contribution in [0.15, 0.2) is 24.3 Å². The molecule has 0 atom stereocenters. The van der Waals surface area contributed by atoms with Crippen LogP contribution in [-0.2, 0) is 11.3 Å². The first kappa shape index (κ1) is 12.5. The Bertz CT molecular complexity index is 377. The molecule has 17 heavy (non-hydrogen) atoms. The van der Waals surface area contributed by atoms with Gasteiger partial charge < -0.3 is 17.7 Å². The molecule has 1 heterocycles. The van der Waals surface area contributed by atoms with Crippen molar-refractivity contribution in [2.45, 2.75) is 6.54 Å². The SMILES string of the molecule is F[B-](F)(F)c1cccc(CN2CCOCC2)c1. The number of hydrogen-bond donors (Lipinski definition) is 0. The lowest BCUT2D eigenvalue weighted by Crippen LogP contribution is -2.37. The Balaban J connectivity index is 2.05. The van der Waals surface area contributed by atoms with Crippen LogP contribution in [0.2, 0.25) is 0 Å². The molecule has 1 aliphatic rings. The summed E-state index contributed by atoms with van der Waals surface area (Å²) in [5.41, 5.74) is 0.194. The predicted molar refractivity (Wildman–Crippen MR) is 61.3 cm³/mol. The molecule has 0 spiro atoms. The number of halogens is 3. The number of benzene rings is 1. The summed E-state index contributed by atoms with van der Waals surface area (Å²) in [4.78, 5) is 2.10. The molecule has 0 saturated carbocycles. The molecule has 0 aliphatic carbocycles. The summed E-state index contributed by atoms with van der Waals surface area (Å²) in [6.07, 6.45) is 0. The maximum absolute atomic E-state index is 12.6. The number of morpholine rings is 1. The molecule has 0 unspecified atom stereocenters. The molecule has 1 aromatic rings. The van der Waals surface area contributed by atoms with Crippen LogP contribution in [0.25, 0.3) is 0 Å². The van der Waals surface area contributed by atoms with Gasteiger partial charge in [-0.2, -0.15) is 0 Å². The van der Waals surface area contributed by atoms with Gasteiger partial charge >= 0.3 is 6.98 Å². The molecule has 0 radical (unpaired) electrons. The van der Waals surface area contributed by atoms with Crippen molar-refractivity contribution in [3.05, 3.63) is 29.8 Å². The number of rotatable bonds is 3. The minimum atomic E-state index is -4.90. The zero-order valence-corrected chi connectivity index (χ0v) is 9.41. The van der Waals surface area contributed by atoms with Crippen molar-refractivity contribution in [3.63, 3.8) is 0 Å². The highest BCUT2D eigenvalue weighted by atomic mass is 19.4. The van der Waals surface area contributed by atoms with Crippen LogP contribution in [0.3, 0.4) is 0 Å². The third-order valence-electron chi connectivity index (χ3n) is 2.84. The highest BCUT2D eigenvalue weighted by Crippen LogP contribution is 2.12. The van der Waals surface area contributed by atoms with E-state index in [1.165, 1.54) is 12.1 Å². The third kappa shape index (κ3) is 3.47. The fourth-order valence-electron chi connectivity index (χ4n) is 1.91. The van der Waals surface area contributed by atoms with Crippen LogP contribution in [0.4, 0.5) is 12.9 Å². The number of nitrogens with zero attached hydrogens (tertiary/aromatic N) is 1. The molecular weight excluding hydrogens is 230 g/mol. The first-order valence-corrected chi connectivity index (χ1v) is 5.64. The topological polar surface area (TPSA) is 12.5 Å². The van der Waals surface area contributed by atoms with Gasteiger partial charge in [0.2, 0.25) is 0 Å². The lowest BCUT2D eigenvalue weighted by Gasteiger charge is -2.27. The van der Waals surface area contributed by atoms with E-state index in [-0.39, 0.29) is 0 Å². The lowest BCUT2D eigenvalue weighted by atomic mass is 9.79. The van der Waals surface area contributed by atoms with Crippen molar-refractivity contribution in [2.75, 3.05) is 26.3 Å². The molecule has 1 saturated heterocycles. The van der Waals surface area contributed by atoms with Gasteiger partial charge in [0.25, 0.3) is 0 Å². The van der Waals surface area contributed by atoms with E-state index in [1.807, 2.05) is 0 Å². The van der Waals surface area contributed by atoms with E-state index in [2.05, 4.69) is 4.90 Å². The van der Waals surface area contributed by atoms with Crippen molar-refractivity contribution in [1.29, 1.82) is 0 Å². The minimum Gasteiger partial charge on any atom is -0.445 e. The van der Waals surface area contributed by atoms with Gasteiger partial charge in [0.1, 0.15) is 0 Å². The van der Waals surface area contributed by atoms with Gasteiger partial charge in [-0.15, -0.1) is 5.46 Å². The molecule has 0 amide bonds. The molecule has 94 valence electrons. The molecule has 0 aromatic heterocycles. The molecule has 1 aromatic carbocycles. The van der Waals surface area contributed by atoms with E-state index in [4.69, 9.17) is 4.74 Å². The number of hydrogen-bond acceptors (Lipinski definition) is 2. The van der Waals surface area contributed by atoms with Gasteiger partial charge in [0.05, 0.1) is 13.2 Å². The fraction of sp³-hybridized carbons (Fsp3) is 0.455. The van der Waals surface area contributed by atoms with Gasteiger partial charge in [-0.1, -0.05) is 24.3 Å². The van der Waals surface area contributed by atoms with E-state index < -0.39 is 12.4 Å². The van der Waals surface area contributed by atoms with Crippen molar-refractivity contribution in [2.24, 2.45) is 0 Å². The van der Waals surface area contributed by atoms with Crippen LogP contribution in [0, 0.1) is 0 Å². The Labute approximate surface area is 98.4 Å². The van der Waals surface area contributed by atoms with E-state index in [1.54, 1.807) is 6.07 Å². The average Bonchev–Trinajstić information content (AvgIpc) is 2.29. The highest BCUT2D eigenvalue weighted by Gasteiger charge is 2.25. The number of ether oxygens (including phenoxy) is 1. The zero-order valence-electron chi connectivity index (χ0n) is 9.41. The fourth-order valence-corrected chi connectivity index (χ4v) is 1.91. The van der Waals surface area contributed by atoms with E-state index in [9.17, 15) is 12.9 Å². The van der Waals surface area contributed by atoms with Crippen LogP contribution in [-0.4, -0.2) is 38.2 Å². The van der Waals surface area contributed by atoms with Crippen LogP contribution >= 0.6 is 0 Å².